The number of rotatable bonds is 2. The van der Waals surface area contributed by atoms with Gasteiger partial charge in [0.2, 0.25) is 11.8 Å². The molecule has 1 aromatic carbocycles. The molecule has 0 aromatic heterocycles. The molecule has 2 fully saturated rings. The molecule has 0 N–H and O–H groups in total. The topological polar surface area (TPSA) is 40.6 Å². The fourth-order valence-electron chi connectivity index (χ4n) is 3.96. The van der Waals surface area contributed by atoms with Crippen LogP contribution in [0.1, 0.15) is 52.5 Å². The maximum Gasteiger partial charge on any atom is 0.228 e. The maximum atomic E-state index is 13.1. The van der Waals surface area contributed by atoms with Gasteiger partial charge >= 0.3 is 0 Å². The number of halogens is 1. The SMILES string of the molecule is CC(C)(C)C(=O)N1CCN(C(=O)[C@@H]2C[C@H]2c2ccc(Br)cc2)C(C)(C)C1. The molecule has 1 aliphatic heterocycles. The molecule has 142 valence electrons. The first-order chi connectivity index (χ1) is 12.0. The van der Waals surface area contributed by atoms with E-state index in [1.807, 2.05) is 42.7 Å². The summed E-state index contributed by atoms with van der Waals surface area (Å²) in [5.74, 6) is 0.823. The van der Waals surface area contributed by atoms with Crippen LogP contribution in [-0.2, 0) is 9.59 Å². The number of hydrogen-bond acceptors (Lipinski definition) is 2. The van der Waals surface area contributed by atoms with Gasteiger partial charge in [-0.3, -0.25) is 9.59 Å². The van der Waals surface area contributed by atoms with Crippen LogP contribution in [0.5, 0.6) is 0 Å². The van der Waals surface area contributed by atoms with Crippen molar-refractivity contribution >= 4 is 27.7 Å². The van der Waals surface area contributed by atoms with E-state index in [4.69, 9.17) is 0 Å². The van der Waals surface area contributed by atoms with E-state index in [1.54, 1.807) is 0 Å². The molecule has 2 aliphatic rings. The summed E-state index contributed by atoms with van der Waals surface area (Å²) in [4.78, 5) is 29.6. The molecular formula is C21H29BrN2O2. The van der Waals surface area contributed by atoms with Gasteiger partial charge < -0.3 is 9.80 Å². The first-order valence-electron chi connectivity index (χ1n) is 9.37. The minimum atomic E-state index is -0.384. The molecule has 1 heterocycles. The van der Waals surface area contributed by atoms with E-state index in [0.717, 1.165) is 10.9 Å². The van der Waals surface area contributed by atoms with Crippen LogP contribution in [0.4, 0.5) is 0 Å². The molecule has 26 heavy (non-hydrogen) atoms. The van der Waals surface area contributed by atoms with Crippen LogP contribution in [0.15, 0.2) is 28.7 Å². The van der Waals surface area contributed by atoms with Gasteiger partial charge in [-0.25, -0.2) is 0 Å². The van der Waals surface area contributed by atoms with Gasteiger partial charge in [0.15, 0.2) is 0 Å². The van der Waals surface area contributed by atoms with Crippen LogP contribution in [0.3, 0.4) is 0 Å². The standard InChI is InChI=1S/C21H29BrN2O2/c1-20(2,3)19(26)23-10-11-24(21(4,5)13-23)18(25)17-12-16(17)14-6-8-15(22)9-7-14/h6-9,16-17H,10-13H2,1-5H3/t16-,17+/m0/s1. The highest BCUT2D eigenvalue weighted by atomic mass is 79.9. The van der Waals surface area contributed by atoms with E-state index >= 15 is 0 Å². The summed E-state index contributed by atoms with van der Waals surface area (Å²) in [6.07, 6.45) is 0.928. The Morgan fingerprint density at radius 2 is 1.73 bits per heavy atom. The van der Waals surface area contributed by atoms with Gasteiger partial charge in [-0.05, 0) is 43.9 Å². The average Bonchev–Trinajstić information content (AvgIpc) is 3.33. The molecule has 1 aliphatic carbocycles. The van der Waals surface area contributed by atoms with Crippen LogP contribution in [0.2, 0.25) is 0 Å². The maximum absolute atomic E-state index is 13.1. The summed E-state index contributed by atoms with van der Waals surface area (Å²) in [7, 11) is 0. The summed E-state index contributed by atoms with van der Waals surface area (Å²) in [5, 5.41) is 0. The fourth-order valence-corrected chi connectivity index (χ4v) is 4.22. The minimum Gasteiger partial charge on any atom is -0.338 e. The molecule has 0 bridgehead atoms. The minimum absolute atomic E-state index is 0.0836. The number of nitrogens with zero attached hydrogens (tertiary/aromatic N) is 2. The van der Waals surface area contributed by atoms with Gasteiger partial charge in [0.1, 0.15) is 0 Å². The highest BCUT2D eigenvalue weighted by Crippen LogP contribution is 2.49. The van der Waals surface area contributed by atoms with E-state index < -0.39 is 0 Å². The third-order valence-electron chi connectivity index (χ3n) is 5.50. The predicted molar refractivity (Wildman–Crippen MR) is 107 cm³/mol. The molecule has 0 spiro atoms. The van der Waals surface area contributed by atoms with Gasteiger partial charge in [0.25, 0.3) is 0 Å². The Bertz CT molecular complexity index is 706. The van der Waals surface area contributed by atoms with E-state index in [2.05, 4.69) is 41.9 Å². The molecule has 1 aromatic rings. The molecule has 4 nitrogen and oxygen atoms in total. The van der Waals surface area contributed by atoms with Gasteiger partial charge in [0.05, 0.1) is 5.54 Å². The van der Waals surface area contributed by atoms with Crippen LogP contribution in [0.25, 0.3) is 0 Å². The third-order valence-corrected chi connectivity index (χ3v) is 6.03. The van der Waals surface area contributed by atoms with Crippen molar-refractivity contribution in [2.45, 2.75) is 52.5 Å². The molecule has 2 amide bonds. The van der Waals surface area contributed by atoms with Crippen LogP contribution in [0, 0.1) is 11.3 Å². The van der Waals surface area contributed by atoms with Gasteiger partial charge in [0, 0.05) is 35.4 Å². The molecule has 2 atom stereocenters. The Kier molecular flexibility index (Phi) is 4.97. The number of amides is 2. The Hall–Kier alpha value is -1.36. The first-order valence-corrected chi connectivity index (χ1v) is 10.2. The Morgan fingerprint density at radius 1 is 1.12 bits per heavy atom. The second kappa shape index (κ2) is 6.66. The Labute approximate surface area is 165 Å². The second-order valence-corrected chi connectivity index (χ2v) is 10.2. The number of piperazine rings is 1. The second-order valence-electron chi connectivity index (χ2n) is 9.28. The summed E-state index contributed by atoms with van der Waals surface area (Å²) in [5.41, 5.74) is 0.528. The molecule has 0 radical (unpaired) electrons. The van der Waals surface area contributed by atoms with Gasteiger partial charge in [-0.15, -0.1) is 0 Å². The van der Waals surface area contributed by atoms with Crippen molar-refractivity contribution in [3.05, 3.63) is 34.3 Å². The molecule has 1 saturated carbocycles. The average molecular weight is 421 g/mol. The van der Waals surface area contributed by atoms with E-state index in [0.29, 0.717) is 25.6 Å². The Balaban J connectivity index is 1.66. The molecular weight excluding hydrogens is 392 g/mol. The Morgan fingerprint density at radius 3 is 2.27 bits per heavy atom. The highest BCUT2D eigenvalue weighted by Gasteiger charge is 2.50. The monoisotopic (exact) mass is 420 g/mol. The smallest absolute Gasteiger partial charge is 0.228 e. The summed E-state index contributed by atoms with van der Waals surface area (Å²) >= 11 is 3.46. The zero-order valence-corrected chi connectivity index (χ0v) is 18.0. The van der Waals surface area contributed by atoms with Crippen molar-refractivity contribution in [2.24, 2.45) is 11.3 Å². The molecule has 1 saturated heterocycles. The van der Waals surface area contributed by atoms with Gasteiger partial charge in [-0.1, -0.05) is 48.8 Å². The van der Waals surface area contributed by atoms with Crippen molar-refractivity contribution in [2.75, 3.05) is 19.6 Å². The summed E-state index contributed by atoms with van der Waals surface area (Å²) < 4.78 is 1.06. The summed E-state index contributed by atoms with van der Waals surface area (Å²) in [6.45, 7) is 11.9. The summed E-state index contributed by atoms with van der Waals surface area (Å²) in [6, 6.07) is 8.28. The van der Waals surface area contributed by atoms with Crippen LogP contribution >= 0.6 is 15.9 Å². The molecule has 5 heteroatoms. The lowest BCUT2D eigenvalue weighted by Crippen LogP contribution is -2.63. The number of benzene rings is 1. The quantitative estimate of drug-likeness (QED) is 0.723. The lowest BCUT2D eigenvalue weighted by molar-refractivity contribution is -0.152. The predicted octanol–water partition coefficient (Wildman–Crippen LogP) is 4.05. The van der Waals surface area contributed by atoms with Gasteiger partial charge in [-0.2, -0.15) is 0 Å². The van der Waals surface area contributed by atoms with Crippen molar-refractivity contribution in [3.63, 3.8) is 0 Å². The van der Waals surface area contributed by atoms with E-state index in [1.165, 1.54) is 5.56 Å². The lowest BCUT2D eigenvalue weighted by Gasteiger charge is -2.48. The number of carbonyl (C=O) groups excluding carboxylic acids is 2. The molecule has 0 unspecified atom stereocenters. The van der Waals surface area contributed by atoms with Crippen LogP contribution in [-0.4, -0.2) is 46.8 Å². The fraction of sp³-hybridized carbons (Fsp3) is 0.619. The zero-order chi connectivity index (χ0) is 19.3. The van der Waals surface area contributed by atoms with E-state index in [9.17, 15) is 9.59 Å². The highest BCUT2D eigenvalue weighted by molar-refractivity contribution is 9.10. The first kappa shape index (κ1) is 19.4. The lowest BCUT2D eigenvalue weighted by atomic mass is 9.91. The van der Waals surface area contributed by atoms with Crippen molar-refractivity contribution < 1.29 is 9.59 Å². The van der Waals surface area contributed by atoms with Crippen molar-refractivity contribution in [1.29, 1.82) is 0 Å². The number of carbonyl (C=O) groups is 2. The van der Waals surface area contributed by atoms with Crippen molar-refractivity contribution in [1.82, 2.24) is 9.80 Å². The zero-order valence-electron chi connectivity index (χ0n) is 16.4. The third kappa shape index (κ3) is 3.83. The molecule has 3 rings (SSSR count). The number of hydrogen-bond donors (Lipinski definition) is 0. The van der Waals surface area contributed by atoms with Crippen molar-refractivity contribution in [3.8, 4) is 0 Å². The normalized spacial score (nSPS) is 25.2. The van der Waals surface area contributed by atoms with E-state index in [-0.39, 0.29) is 28.7 Å². The largest absolute Gasteiger partial charge is 0.338 e. The van der Waals surface area contributed by atoms with Crippen LogP contribution < -0.4 is 0 Å².